The summed E-state index contributed by atoms with van der Waals surface area (Å²) in [6.45, 7) is 0.0520. The molecule has 1 saturated carbocycles. The third-order valence-corrected chi connectivity index (χ3v) is 5.12. The maximum Gasteiger partial charge on any atom is 0.342 e. The van der Waals surface area contributed by atoms with Crippen molar-refractivity contribution in [2.24, 2.45) is 0 Å². The van der Waals surface area contributed by atoms with Gasteiger partial charge in [0.25, 0.3) is 5.91 Å². The molecular formula is C21H17FN4O4. The highest BCUT2D eigenvalue weighted by molar-refractivity contribution is 6.02. The molecule has 4 aromatic rings. The average molecular weight is 408 g/mol. The van der Waals surface area contributed by atoms with Crippen molar-refractivity contribution in [3.8, 4) is 0 Å². The number of nitrogens with one attached hydrogen (secondary N) is 1. The minimum absolute atomic E-state index is 0.0429. The van der Waals surface area contributed by atoms with E-state index in [1.807, 2.05) is 0 Å². The van der Waals surface area contributed by atoms with Gasteiger partial charge in [0.2, 0.25) is 0 Å². The van der Waals surface area contributed by atoms with Gasteiger partial charge < -0.3 is 14.5 Å². The molecule has 1 aliphatic rings. The molecular weight excluding hydrogens is 391 g/mol. The van der Waals surface area contributed by atoms with Gasteiger partial charge in [-0.1, -0.05) is 0 Å². The first-order valence-electron chi connectivity index (χ1n) is 9.58. The van der Waals surface area contributed by atoms with Gasteiger partial charge in [-0.05, 0) is 43.5 Å². The second-order valence-electron chi connectivity index (χ2n) is 7.17. The number of furan rings is 1. The number of carbonyl (C=O) groups excluding carboxylic acids is 2. The lowest BCUT2D eigenvalue weighted by Gasteiger charge is -2.25. The number of fused-ring (bicyclic) bond motifs is 2. The Balaban J connectivity index is 1.36. The lowest BCUT2D eigenvalue weighted by molar-refractivity contribution is 0.00905. The molecule has 3 aromatic heterocycles. The van der Waals surface area contributed by atoms with Crippen molar-refractivity contribution >= 4 is 28.5 Å². The molecule has 0 spiro atoms. The first-order valence-corrected chi connectivity index (χ1v) is 9.58. The first-order chi connectivity index (χ1) is 14.6. The molecule has 30 heavy (non-hydrogen) atoms. The number of rotatable bonds is 5. The van der Waals surface area contributed by atoms with Crippen molar-refractivity contribution in [2.75, 3.05) is 0 Å². The van der Waals surface area contributed by atoms with Crippen LogP contribution in [0.2, 0.25) is 0 Å². The zero-order chi connectivity index (χ0) is 20.7. The van der Waals surface area contributed by atoms with Gasteiger partial charge >= 0.3 is 5.97 Å². The number of benzene rings is 1. The molecule has 5 rings (SSSR count). The van der Waals surface area contributed by atoms with Crippen molar-refractivity contribution in [3.63, 3.8) is 0 Å². The largest absolute Gasteiger partial charge is 0.459 e. The Morgan fingerprint density at radius 3 is 2.93 bits per heavy atom. The summed E-state index contributed by atoms with van der Waals surface area (Å²) in [5.41, 5.74) is 1.04. The minimum atomic E-state index is -0.605. The fraction of sp³-hybridized carbons (Fsp3) is 0.238. The van der Waals surface area contributed by atoms with E-state index in [1.54, 1.807) is 24.5 Å². The summed E-state index contributed by atoms with van der Waals surface area (Å²) in [4.78, 5) is 29.1. The molecule has 1 aliphatic carbocycles. The van der Waals surface area contributed by atoms with Crippen molar-refractivity contribution in [3.05, 3.63) is 65.6 Å². The topological polar surface area (TPSA) is 98.7 Å². The van der Waals surface area contributed by atoms with Crippen molar-refractivity contribution in [1.29, 1.82) is 0 Å². The smallest absolute Gasteiger partial charge is 0.342 e. The van der Waals surface area contributed by atoms with Crippen LogP contribution in [0, 0.1) is 5.82 Å². The number of hydrogen-bond donors (Lipinski definition) is 1. The average Bonchev–Trinajstić information content (AvgIpc) is 3.32. The first kappa shape index (κ1) is 18.3. The van der Waals surface area contributed by atoms with Gasteiger partial charge in [-0.25, -0.2) is 18.7 Å². The number of esters is 1. The molecule has 8 nitrogen and oxygen atoms in total. The number of carbonyl (C=O) groups is 2. The van der Waals surface area contributed by atoms with Crippen molar-refractivity contribution in [1.82, 2.24) is 19.9 Å². The molecule has 1 N–H and O–H groups in total. The van der Waals surface area contributed by atoms with Crippen LogP contribution in [0.4, 0.5) is 4.39 Å². The Hall–Kier alpha value is -3.75. The van der Waals surface area contributed by atoms with E-state index >= 15 is 0 Å². The fourth-order valence-corrected chi connectivity index (χ4v) is 3.36. The Kier molecular flexibility index (Phi) is 4.42. The number of amides is 1. The molecule has 1 fully saturated rings. The van der Waals surface area contributed by atoms with E-state index in [0.717, 1.165) is 25.3 Å². The van der Waals surface area contributed by atoms with Crippen LogP contribution in [0.1, 0.15) is 45.7 Å². The van der Waals surface area contributed by atoms with Crippen LogP contribution in [0.15, 0.2) is 47.3 Å². The number of aromatic nitrogens is 3. The number of hydrogen-bond acceptors (Lipinski definition) is 6. The predicted molar refractivity (Wildman–Crippen MR) is 103 cm³/mol. The summed E-state index contributed by atoms with van der Waals surface area (Å²) in [6.07, 6.45) is 7.23. The van der Waals surface area contributed by atoms with Gasteiger partial charge in [-0.2, -0.15) is 5.10 Å². The summed E-state index contributed by atoms with van der Waals surface area (Å²) in [7, 11) is 0. The van der Waals surface area contributed by atoms with Crippen LogP contribution in [-0.4, -0.2) is 32.6 Å². The Labute approximate surface area is 169 Å². The predicted octanol–water partition coefficient (Wildman–Crippen LogP) is 3.25. The van der Waals surface area contributed by atoms with Crippen molar-refractivity contribution < 1.29 is 23.1 Å². The highest BCUT2D eigenvalue weighted by atomic mass is 19.1. The fourth-order valence-electron chi connectivity index (χ4n) is 3.36. The molecule has 0 bridgehead atoms. The van der Waals surface area contributed by atoms with Crippen LogP contribution in [0.5, 0.6) is 0 Å². The zero-order valence-corrected chi connectivity index (χ0v) is 15.8. The molecule has 3 heterocycles. The maximum atomic E-state index is 14.0. The van der Waals surface area contributed by atoms with Gasteiger partial charge in [0.15, 0.2) is 5.65 Å². The summed E-state index contributed by atoms with van der Waals surface area (Å²) >= 11 is 0. The monoisotopic (exact) mass is 408 g/mol. The SMILES string of the molecule is O=C(OC1CCC1)c1cc(F)cc2cc(CNC(=O)c3cnn4cccnc34)oc12. The maximum absolute atomic E-state index is 14.0. The van der Waals surface area contributed by atoms with Gasteiger partial charge in [-0.3, -0.25) is 4.79 Å². The second kappa shape index (κ2) is 7.25. The van der Waals surface area contributed by atoms with Crippen LogP contribution in [0.3, 0.4) is 0 Å². The van der Waals surface area contributed by atoms with E-state index in [2.05, 4.69) is 15.4 Å². The second-order valence-corrected chi connectivity index (χ2v) is 7.17. The van der Waals surface area contributed by atoms with E-state index in [0.29, 0.717) is 22.4 Å². The van der Waals surface area contributed by atoms with Crippen LogP contribution >= 0.6 is 0 Å². The third kappa shape index (κ3) is 3.28. The normalized spacial score (nSPS) is 14.0. The highest BCUT2D eigenvalue weighted by Gasteiger charge is 2.25. The van der Waals surface area contributed by atoms with Gasteiger partial charge in [0, 0.05) is 17.8 Å². The van der Waals surface area contributed by atoms with Gasteiger partial charge in [-0.15, -0.1) is 0 Å². The molecule has 0 radical (unpaired) electrons. The van der Waals surface area contributed by atoms with Crippen LogP contribution in [-0.2, 0) is 11.3 Å². The number of nitrogens with zero attached hydrogens (tertiary/aromatic N) is 3. The van der Waals surface area contributed by atoms with E-state index in [-0.39, 0.29) is 29.7 Å². The minimum Gasteiger partial charge on any atom is -0.459 e. The summed E-state index contributed by atoms with van der Waals surface area (Å²) in [5, 5.41) is 7.24. The molecule has 1 aromatic carbocycles. The molecule has 152 valence electrons. The Morgan fingerprint density at radius 2 is 2.13 bits per heavy atom. The molecule has 0 saturated heterocycles. The van der Waals surface area contributed by atoms with Crippen molar-refractivity contribution in [2.45, 2.75) is 31.9 Å². The number of ether oxygens (including phenoxy) is 1. The summed E-state index contributed by atoms with van der Waals surface area (Å²) in [5.74, 6) is -1.16. The summed E-state index contributed by atoms with van der Waals surface area (Å²) in [6, 6.07) is 5.69. The molecule has 0 aliphatic heterocycles. The van der Waals surface area contributed by atoms with E-state index in [4.69, 9.17) is 9.15 Å². The van der Waals surface area contributed by atoms with Gasteiger partial charge in [0.1, 0.15) is 34.4 Å². The van der Waals surface area contributed by atoms with Gasteiger partial charge in [0.05, 0.1) is 12.7 Å². The van der Waals surface area contributed by atoms with E-state index in [9.17, 15) is 14.0 Å². The highest BCUT2D eigenvalue weighted by Crippen LogP contribution is 2.28. The molecule has 9 heteroatoms. The van der Waals surface area contributed by atoms with E-state index in [1.165, 1.54) is 16.8 Å². The van der Waals surface area contributed by atoms with Crippen LogP contribution < -0.4 is 5.32 Å². The molecule has 0 atom stereocenters. The molecule has 0 unspecified atom stereocenters. The summed E-state index contributed by atoms with van der Waals surface area (Å²) < 4.78 is 26.6. The lowest BCUT2D eigenvalue weighted by Crippen LogP contribution is -2.25. The zero-order valence-electron chi connectivity index (χ0n) is 15.8. The quantitative estimate of drug-likeness (QED) is 0.509. The number of halogens is 1. The third-order valence-electron chi connectivity index (χ3n) is 5.12. The van der Waals surface area contributed by atoms with E-state index < -0.39 is 11.8 Å². The molecule has 1 amide bonds. The Bertz CT molecular complexity index is 1270. The Morgan fingerprint density at radius 1 is 1.27 bits per heavy atom. The standard InChI is InChI=1S/C21H17FN4O4/c22-13-7-12-8-15(29-18(12)16(9-13)21(28)30-14-3-1-4-14)10-24-20(27)17-11-25-26-6-2-5-23-19(17)26/h2,5-9,11,14H,1,3-4,10H2,(H,24,27). The lowest BCUT2D eigenvalue weighted by atomic mass is 9.96. The van der Waals surface area contributed by atoms with Crippen LogP contribution in [0.25, 0.3) is 16.6 Å².